The quantitative estimate of drug-likeness (QED) is 0.740. The van der Waals surface area contributed by atoms with E-state index in [1.807, 2.05) is 26.0 Å². The van der Waals surface area contributed by atoms with E-state index in [1.165, 1.54) is 5.56 Å². The maximum Gasteiger partial charge on any atom is 0.257 e. The van der Waals surface area contributed by atoms with Gasteiger partial charge in [-0.15, -0.1) is 0 Å². The molecule has 1 aromatic heterocycles. The van der Waals surface area contributed by atoms with Gasteiger partial charge in [0.15, 0.2) is 0 Å². The first kappa shape index (κ1) is 21.7. The van der Waals surface area contributed by atoms with Gasteiger partial charge in [-0.3, -0.25) is 4.79 Å². The first-order valence-corrected chi connectivity index (χ1v) is 9.89. The molecule has 0 atom stereocenters. The molecule has 0 bridgehead atoms. The second kappa shape index (κ2) is 9.04. The van der Waals surface area contributed by atoms with Gasteiger partial charge in [0, 0.05) is 13.1 Å². The van der Waals surface area contributed by atoms with E-state index < -0.39 is 0 Å². The number of hydrogen-bond acceptors (Lipinski definition) is 5. The SMILES string of the molecule is CCN(CC)C(=O)c1c(C)nc(N)nc1COc1ccc(C(C)(C)CC)cc1. The first-order chi connectivity index (χ1) is 13.2. The molecule has 0 radical (unpaired) electrons. The number of rotatable bonds is 8. The van der Waals surface area contributed by atoms with Gasteiger partial charge in [0.1, 0.15) is 12.4 Å². The molecule has 2 rings (SSSR count). The van der Waals surface area contributed by atoms with Gasteiger partial charge in [-0.25, -0.2) is 9.97 Å². The fourth-order valence-corrected chi connectivity index (χ4v) is 3.07. The highest BCUT2D eigenvalue weighted by Crippen LogP contribution is 2.28. The lowest BCUT2D eigenvalue weighted by Crippen LogP contribution is -2.32. The van der Waals surface area contributed by atoms with Crippen LogP contribution in [0.5, 0.6) is 5.75 Å². The highest BCUT2D eigenvalue weighted by atomic mass is 16.5. The Morgan fingerprint density at radius 2 is 1.71 bits per heavy atom. The Morgan fingerprint density at radius 3 is 2.25 bits per heavy atom. The third-order valence-corrected chi connectivity index (χ3v) is 5.34. The third-order valence-electron chi connectivity index (χ3n) is 5.34. The van der Waals surface area contributed by atoms with Crippen LogP contribution in [0, 0.1) is 6.92 Å². The molecule has 1 amide bonds. The van der Waals surface area contributed by atoms with Gasteiger partial charge in [0.25, 0.3) is 5.91 Å². The van der Waals surface area contributed by atoms with Crippen molar-refractivity contribution in [2.75, 3.05) is 18.8 Å². The molecule has 0 spiro atoms. The molecule has 6 heteroatoms. The summed E-state index contributed by atoms with van der Waals surface area (Å²) in [4.78, 5) is 23.1. The van der Waals surface area contributed by atoms with Gasteiger partial charge in [-0.2, -0.15) is 0 Å². The maximum atomic E-state index is 12.9. The summed E-state index contributed by atoms with van der Waals surface area (Å²) in [7, 11) is 0. The molecular weight excluding hydrogens is 352 g/mol. The topological polar surface area (TPSA) is 81.3 Å². The predicted molar refractivity (Wildman–Crippen MR) is 113 cm³/mol. The van der Waals surface area contributed by atoms with Crippen molar-refractivity contribution in [3.63, 3.8) is 0 Å². The minimum atomic E-state index is -0.0962. The Hall–Kier alpha value is -2.63. The summed E-state index contributed by atoms with van der Waals surface area (Å²) in [5, 5.41) is 0. The Bertz CT molecular complexity index is 812. The van der Waals surface area contributed by atoms with Crippen LogP contribution in [0.2, 0.25) is 0 Å². The lowest BCUT2D eigenvalue weighted by atomic mass is 9.82. The van der Waals surface area contributed by atoms with E-state index in [-0.39, 0.29) is 23.9 Å². The molecule has 1 aromatic carbocycles. The number of benzene rings is 1. The number of hydrogen-bond donors (Lipinski definition) is 1. The molecule has 2 aromatic rings. The van der Waals surface area contributed by atoms with Crippen molar-refractivity contribution < 1.29 is 9.53 Å². The van der Waals surface area contributed by atoms with E-state index in [1.54, 1.807) is 11.8 Å². The molecule has 0 aliphatic carbocycles. The summed E-state index contributed by atoms with van der Waals surface area (Å²) in [6, 6.07) is 8.08. The van der Waals surface area contributed by atoms with Crippen LogP contribution in [0.4, 0.5) is 5.95 Å². The van der Waals surface area contributed by atoms with E-state index in [0.29, 0.717) is 30.0 Å². The molecule has 0 aliphatic rings. The van der Waals surface area contributed by atoms with Crippen LogP contribution in [0.1, 0.15) is 68.3 Å². The van der Waals surface area contributed by atoms with E-state index >= 15 is 0 Å². The predicted octanol–water partition coefficient (Wildman–Crippen LogP) is 4.12. The molecule has 1 heterocycles. The number of anilines is 1. The molecule has 152 valence electrons. The first-order valence-electron chi connectivity index (χ1n) is 9.89. The highest BCUT2D eigenvalue weighted by molar-refractivity contribution is 5.96. The van der Waals surface area contributed by atoms with Gasteiger partial charge >= 0.3 is 0 Å². The zero-order valence-corrected chi connectivity index (χ0v) is 17.9. The van der Waals surface area contributed by atoms with Crippen molar-refractivity contribution in [3.8, 4) is 5.75 Å². The largest absolute Gasteiger partial charge is 0.487 e. The van der Waals surface area contributed by atoms with Crippen molar-refractivity contribution >= 4 is 11.9 Å². The van der Waals surface area contributed by atoms with Crippen molar-refractivity contribution in [2.45, 2.75) is 60.0 Å². The van der Waals surface area contributed by atoms with E-state index in [9.17, 15) is 4.79 Å². The Labute approximate surface area is 168 Å². The minimum Gasteiger partial charge on any atom is -0.487 e. The fourth-order valence-electron chi connectivity index (χ4n) is 3.07. The molecule has 28 heavy (non-hydrogen) atoms. The molecule has 2 N–H and O–H groups in total. The van der Waals surface area contributed by atoms with Crippen LogP contribution >= 0.6 is 0 Å². The number of carbonyl (C=O) groups excluding carboxylic acids is 1. The lowest BCUT2D eigenvalue weighted by molar-refractivity contribution is 0.0768. The molecule has 6 nitrogen and oxygen atoms in total. The van der Waals surface area contributed by atoms with Crippen LogP contribution in [0.3, 0.4) is 0 Å². The summed E-state index contributed by atoms with van der Waals surface area (Å²) in [6.07, 6.45) is 1.06. The van der Waals surface area contributed by atoms with Crippen molar-refractivity contribution in [1.82, 2.24) is 14.9 Å². The molecule has 0 unspecified atom stereocenters. The van der Waals surface area contributed by atoms with Crippen LogP contribution in [0.25, 0.3) is 0 Å². The van der Waals surface area contributed by atoms with Crippen molar-refractivity contribution in [1.29, 1.82) is 0 Å². The zero-order valence-electron chi connectivity index (χ0n) is 17.9. The number of ether oxygens (including phenoxy) is 1. The second-order valence-corrected chi connectivity index (χ2v) is 7.52. The average molecular weight is 385 g/mol. The molecule has 0 saturated heterocycles. The smallest absolute Gasteiger partial charge is 0.257 e. The molecule has 0 aliphatic heterocycles. The average Bonchev–Trinajstić information content (AvgIpc) is 2.67. The monoisotopic (exact) mass is 384 g/mol. The maximum absolute atomic E-state index is 12.9. The number of aryl methyl sites for hydroxylation is 1. The Balaban J connectivity index is 2.25. The summed E-state index contributed by atoms with van der Waals surface area (Å²) < 4.78 is 5.92. The summed E-state index contributed by atoms with van der Waals surface area (Å²) in [6.45, 7) is 13.7. The van der Waals surface area contributed by atoms with Crippen molar-refractivity contribution in [2.24, 2.45) is 0 Å². The van der Waals surface area contributed by atoms with Gasteiger partial charge in [-0.05, 0) is 50.3 Å². The number of nitrogens with zero attached hydrogens (tertiary/aromatic N) is 3. The summed E-state index contributed by atoms with van der Waals surface area (Å²) >= 11 is 0. The van der Waals surface area contributed by atoms with Gasteiger partial charge in [-0.1, -0.05) is 32.9 Å². The second-order valence-electron chi connectivity index (χ2n) is 7.52. The Morgan fingerprint density at radius 1 is 1.11 bits per heavy atom. The zero-order chi connectivity index (χ0) is 20.9. The van der Waals surface area contributed by atoms with Crippen LogP contribution in [0.15, 0.2) is 24.3 Å². The number of aromatic nitrogens is 2. The lowest BCUT2D eigenvalue weighted by Gasteiger charge is -2.23. The van der Waals surface area contributed by atoms with Crippen LogP contribution in [-0.2, 0) is 12.0 Å². The minimum absolute atomic E-state index is 0.0962. The Kier molecular flexibility index (Phi) is 7.00. The summed E-state index contributed by atoms with van der Waals surface area (Å²) in [5.41, 5.74) is 8.77. The standard InChI is InChI=1S/C22H32N4O2/c1-7-22(5,6)16-10-12-17(13-11-16)28-14-18-19(15(4)24-21(23)25-18)20(27)26(8-2)9-3/h10-13H,7-9,14H2,1-6H3,(H2,23,24,25). The highest BCUT2D eigenvalue weighted by Gasteiger charge is 2.22. The van der Waals surface area contributed by atoms with Crippen molar-refractivity contribution in [3.05, 3.63) is 46.8 Å². The molecule has 0 saturated carbocycles. The van der Waals surface area contributed by atoms with Crippen LogP contribution in [-0.4, -0.2) is 33.9 Å². The van der Waals surface area contributed by atoms with Gasteiger partial charge < -0.3 is 15.4 Å². The van der Waals surface area contributed by atoms with E-state index in [4.69, 9.17) is 10.5 Å². The van der Waals surface area contributed by atoms with Gasteiger partial charge in [0.2, 0.25) is 5.95 Å². The van der Waals surface area contributed by atoms with E-state index in [0.717, 1.165) is 12.2 Å². The molecule has 0 fully saturated rings. The number of amides is 1. The number of nitrogens with two attached hydrogens (primary N) is 1. The number of carbonyl (C=O) groups is 1. The van der Waals surface area contributed by atoms with E-state index in [2.05, 4.69) is 42.9 Å². The third kappa shape index (κ3) is 4.80. The van der Waals surface area contributed by atoms with Crippen LogP contribution < -0.4 is 10.5 Å². The fraction of sp³-hybridized carbons (Fsp3) is 0.500. The van der Waals surface area contributed by atoms with Gasteiger partial charge in [0.05, 0.1) is 17.0 Å². The molecular formula is C22H32N4O2. The number of nitrogen functional groups attached to an aromatic ring is 1. The normalized spacial score (nSPS) is 11.4. The summed E-state index contributed by atoms with van der Waals surface area (Å²) in [5.74, 6) is 0.778.